The fraction of sp³-hybridized carbons (Fsp3) is 0.364. The van der Waals surface area contributed by atoms with E-state index in [9.17, 15) is 19.1 Å². The van der Waals surface area contributed by atoms with Crippen LogP contribution in [0.1, 0.15) is 19.3 Å². The van der Waals surface area contributed by atoms with E-state index in [4.69, 9.17) is 21.1 Å². The maximum Gasteiger partial charge on any atom is 0.269 e. The molecule has 2 aromatic carbocycles. The van der Waals surface area contributed by atoms with Crippen molar-refractivity contribution in [1.29, 1.82) is 0 Å². The Morgan fingerprint density at radius 2 is 2.03 bits per heavy atom. The summed E-state index contributed by atoms with van der Waals surface area (Å²) in [4.78, 5) is 24.5. The second-order valence-corrected chi connectivity index (χ2v) is 9.02. The average molecular weight is 462 g/mol. The first-order chi connectivity index (χ1) is 15.3. The van der Waals surface area contributed by atoms with Crippen LogP contribution in [0.2, 0.25) is 5.02 Å². The lowest BCUT2D eigenvalue weighted by molar-refractivity contribution is -0.159. The number of benzene rings is 2. The summed E-state index contributed by atoms with van der Waals surface area (Å²) in [6.07, 6.45) is -0.422. The van der Waals surface area contributed by atoms with Gasteiger partial charge in [0.1, 0.15) is 17.3 Å². The molecule has 2 atom stereocenters. The van der Waals surface area contributed by atoms with Crippen LogP contribution in [0.5, 0.6) is 11.5 Å². The minimum absolute atomic E-state index is 0.0176. The fourth-order valence-electron chi connectivity index (χ4n) is 4.79. The van der Waals surface area contributed by atoms with Crippen LogP contribution in [0, 0.1) is 5.82 Å². The molecule has 2 unspecified atom stereocenters. The van der Waals surface area contributed by atoms with Crippen molar-refractivity contribution in [3.8, 4) is 11.5 Å². The van der Waals surface area contributed by atoms with Crippen LogP contribution in [0.25, 0.3) is 0 Å². The van der Waals surface area contributed by atoms with Gasteiger partial charge in [-0.15, -0.1) is 0 Å². The number of hydrogen-bond acceptors (Lipinski definition) is 6. The number of para-hydroxylation sites is 2. The third-order valence-corrected chi connectivity index (χ3v) is 6.40. The predicted molar refractivity (Wildman–Crippen MR) is 113 cm³/mol. The van der Waals surface area contributed by atoms with Crippen LogP contribution in [-0.4, -0.2) is 46.9 Å². The van der Waals surface area contributed by atoms with Gasteiger partial charge in [-0.1, -0.05) is 23.7 Å². The van der Waals surface area contributed by atoms with E-state index in [1.54, 1.807) is 24.3 Å². The number of halogens is 2. The molecule has 1 heterocycles. The van der Waals surface area contributed by atoms with Crippen LogP contribution in [0.4, 0.5) is 10.1 Å². The van der Waals surface area contributed by atoms with Gasteiger partial charge in [0.2, 0.25) is 6.10 Å². The lowest BCUT2D eigenvalue weighted by atomic mass is 9.44. The van der Waals surface area contributed by atoms with Crippen LogP contribution in [-0.2, 0) is 9.59 Å². The predicted octanol–water partition coefficient (Wildman–Crippen LogP) is 1.96. The first-order valence-electron chi connectivity index (χ1n) is 10.2. The van der Waals surface area contributed by atoms with Gasteiger partial charge in [-0.2, -0.15) is 0 Å². The second kappa shape index (κ2) is 7.61. The van der Waals surface area contributed by atoms with Crippen molar-refractivity contribution in [2.24, 2.45) is 0 Å². The molecule has 6 rings (SSSR count). The zero-order chi connectivity index (χ0) is 22.5. The van der Waals surface area contributed by atoms with Crippen molar-refractivity contribution in [3.05, 3.63) is 53.3 Å². The van der Waals surface area contributed by atoms with Gasteiger partial charge < -0.3 is 25.2 Å². The maximum absolute atomic E-state index is 13.4. The number of amides is 2. The molecule has 4 aliphatic rings. The Hall–Kier alpha value is -2.88. The molecule has 0 spiro atoms. The number of aliphatic hydroxyl groups is 1. The molecule has 2 amide bonds. The second-order valence-electron chi connectivity index (χ2n) is 8.62. The van der Waals surface area contributed by atoms with E-state index in [0.29, 0.717) is 30.7 Å². The molecule has 168 valence electrons. The van der Waals surface area contributed by atoms with E-state index in [0.717, 1.165) is 6.07 Å². The summed E-state index contributed by atoms with van der Waals surface area (Å²) in [5.74, 6) is -0.641. The fourth-order valence-corrected chi connectivity index (χ4v) is 4.90. The Morgan fingerprint density at radius 1 is 1.28 bits per heavy atom. The van der Waals surface area contributed by atoms with Gasteiger partial charge in [-0.25, -0.2) is 4.39 Å². The molecular formula is C22H21ClFN3O5. The number of rotatable bonds is 7. The number of hydrogen-bond donors (Lipinski definition) is 4. The molecule has 0 radical (unpaired) electrons. The number of nitrogens with one attached hydrogen (secondary N) is 3. The summed E-state index contributed by atoms with van der Waals surface area (Å²) in [6.45, 7) is -0.249. The van der Waals surface area contributed by atoms with E-state index in [1.807, 2.05) is 0 Å². The minimum atomic E-state index is -1.19. The highest BCUT2D eigenvalue weighted by Crippen LogP contribution is 2.60. The van der Waals surface area contributed by atoms with Gasteiger partial charge in [-0.3, -0.25) is 14.9 Å². The third kappa shape index (κ3) is 3.76. The molecule has 0 aromatic heterocycles. The van der Waals surface area contributed by atoms with Crippen LogP contribution in [0.3, 0.4) is 0 Å². The summed E-state index contributed by atoms with van der Waals surface area (Å²) in [5.41, 5.74) is -0.148. The van der Waals surface area contributed by atoms with Crippen molar-refractivity contribution in [2.45, 2.75) is 42.7 Å². The van der Waals surface area contributed by atoms with Crippen molar-refractivity contribution >= 4 is 29.1 Å². The molecule has 8 nitrogen and oxygen atoms in total. The Labute approximate surface area is 188 Å². The number of ether oxygens (including phenoxy) is 2. The number of aliphatic hydroxyl groups excluding tert-OH is 1. The quantitative estimate of drug-likeness (QED) is 0.469. The SMILES string of the molecule is O=C(COc1ccc(Cl)c(F)c1)NC12CC(NC(O)C3Oc4ccccc4NC3=O)(C1)C2. The smallest absolute Gasteiger partial charge is 0.269 e. The van der Waals surface area contributed by atoms with Crippen molar-refractivity contribution in [3.63, 3.8) is 0 Å². The first-order valence-corrected chi connectivity index (χ1v) is 10.6. The van der Waals surface area contributed by atoms with Gasteiger partial charge in [0, 0.05) is 17.1 Å². The number of carbonyl (C=O) groups is 2. The van der Waals surface area contributed by atoms with E-state index >= 15 is 0 Å². The zero-order valence-corrected chi connectivity index (χ0v) is 17.6. The van der Waals surface area contributed by atoms with Crippen molar-refractivity contribution < 1.29 is 28.6 Å². The number of carbonyl (C=O) groups excluding carboxylic acids is 2. The van der Waals surface area contributed by atoms with E-state index in [1.165, 1.54) is 12.1 Å². The number of fused-ring (bicyclic) bond motifs is 1. The standard InChI is InChI=1S/C22H21ClFN3O5/c23-13-6-5-12(7-14(13)24)31-8-17(28)26-21-9-22(10-21,11-21)27-20(30)18-19(29)25-15-3-1-2-4-16(15)32-18/h1-7,18,20,27,30H,8-11H2,(H,25,29)(H,26,28). The topological polar surface area (TPSA) is 109 Å². The molecule has 4 N–H and O–H groups in total. The maximum atomic E-state index is 13.4. The molecule has 10 heteroatoms. The summed E-state index contributed by atoms with van der Waals surface area (Å²) >= 11 is 5.63. The Bertz CT molecular complexity index is 1080. The molecule has 2 bridgehead atoms. The first kappa shape index (κ1) is 21.0. The van der Waals surface area contributed by atoms with Gasteiger partial charge in [0.15, 0.2) is 12.8 Å². The Morgan fingerprint density at radius 3 is 2.78 bits per heavy atom. The summed E-state index contributed by atoms with van der Waals surface area (Å²) < 4.78 is 24.4. The lowest BCUT2D eigenvalue weighted by Gasteiger charge is -2.71. The summed E-state index contributed by atoms with van der Waals surface area (Å²) in [5, 5.41) is 19.3. The molecule has 3 saturated carbocycles. The molecule has 3 aliphatic carbocycles. The average Bonchev–Trinajstić information content (AvgIpc) is 2.71. The molecule has 2 aromatic rings. The van der Waals surface area contributed by atoms with Gasteiger partial charge in [0.05, 0.1) is 10.7 Å². The molecular weight excluding hydrogens is 441 g/mol. The summed E-state index contributed by atoms with van der Waals surface area (Å²) in [7, 11) is 0. The van der Waals surface area contributed by atoms with Gasteiger partial charge in [-0.05, 0) is 43.5 Å². The lowest BCUT2D eigenvalue weighted by Crippen LogP contribution is -2.85. The minimum Gasteiger partial charge on any atom is -0.484 e. The largest absolute Gasteiger partial charge is 0.484 e. The molecule has 1 aliphatic heterocycles. The highest BCUT2D eigenvalue weighted by atomic mass is 35.5. The van der Waals surface area contributed by atoms with Crippen molar-refractivity contribution in [1.82, 2.24) is 10.6 Å². The van der Waals surface area contributed by atoms with E-state index < -0.39 is 24.1 Å². The number of anilines is 1. The molecule has 0 saturated heterocycles. The van der Waals surface area contributed by atoms with Crippen molar-refractivity contribution in [2.75, 3.05) is 11.9 Å². The highest BCUT2D eigenvalue weighted by molar-refractivity contribution is 6.30. The van der Waals surface area contributed by atoms with E-state index in [2.05, 4.69) is 16.0 Å². The normalized spacial score (nSPS) is 28.2. The van der Waals surface area contributed by atoms with Crippen LogP contribution in [0.15, 0.2) is 42.5 Å². The zero-order valence-electron chi connectivity index (χ0n) is 16.9. The highest BCUT2D eigenvalue weighted by Gasteiger charge is 2.69. The Kier molecular flexibility index (Phi) is 4.99. The van der Waals surface area contributed by atoms with Crippen LogP contribution < -0.4 is 25.4 Å². The van der Waals surface area contributed by atoms with Crippen LogP contribution >= 0.6 is 11.6 Å². The third-order valence-electron chi connectivity index (χ3n) is 6.09. The monoisotopic (exact) mass is 461 g/mol. The molecule has 32 heavy (non-hydrogen) atoms. The summed E-state index contributed by atoms with van der Waals surface area (Å²) in [6, 6.07) is 11.0. The van der Waals surface area contributed by atoms with Gasteiger partial charge in [0.25, 0.3) is 11.8 Å². The van der Waals surface area contributed by atoms with Gasteiger partial charge >= 0.3 is 0 Å². The molecule has 3 fully saturated rings. The Balaban J connectivity index is 1.10. The van der Waals surface area contributed by atoms with E-state index in [-0.39, 0.29) is 34.4 Å².